The molecule has 0 aliphatic carbocycles. The van der Waals surface area contributed by atoms with E-state index in [4.69, 9.17) is 19.1 Å². The highest BCUT2D eigenvalue weighted by Gasteiger charge is 2.27. The van der Waals surface area contributed by atoms with Crippen LogP contribution in [0.3, 0.4) is 0 Å². The average Bonchev–Trinajstić information content (AvgIpc) is 3.02. The molecule has 45 heavy (non-hydrogen) atoms. The van der Waals surface area contributed by atoms with Crippen LogP contribution in [0.2, 0.25) is 0 Å². The first kappa shape index (κ1) is 44.0. The molecule has 3 N–H and O–H groups in total. The van der Waals surface area contributed by atoms with E-state index in [1.54, 1.807) is 0 Å². The number of phosphoric acid groups is 1. The number of hydrogen-bond donors (Lipinski definition) is 3. The normalized spacial score (nSPS) is 14.2. The van der Waals surface area contributed by atoms with Gasteiger partial charge in [-0.05, 0) is 12.8 Å². The van der Waals surface area contributed by atoms with Crippen molar-refractivity contribution in [1.82, 2.24) is 0 Å². The summed E-state index contributed by atoms with van der Waals surface area (Å²) in [7, 11) is -4.60. The summed E-state index contributed by atoms with van der Waals surface area (Å²) >= 11 is 0. The van der Waals surface area contributed by atoms with Gasteiger partial charge in [-0.15, -0.1) is 0 Å². The number of unbranched alkanes of at least 4 members (excludes halogenated alkanes) is 20. The van der Waals surface area contributed by atoms with Gasteiger partial charge in [0.25, 0.3) is 0 Å². The van der Waals surface area contributed by atoms with Gasteiger partial charge >= 0.3 is 19.8 Å². The predicted octanol–water partition coefficient (Wildman–Crippen LogP) is 8.33. The number of rotatable bonds is 34. The van der Waals surface area contributed by atoms with Crippen LogP contribution in [-0.2, 0) is 32.7 Å². The first-order chi connectivity index (χ1) is 21.7. The molecular weight excluding hydrogens is 599 g/mol. The summed E-state index contributed by atoms with van der Waals surface area (Å²) < 4.78 is 32.5. The van der Waals surface area contributed by atoms with E-state index in [1.807, 2.05) is 0 Å². The van der Waals surface area contributed by atoms with Crippen LogP contribution >= 0.6 is 7.82 Å². The van der Waals surface area contributed by atoms with Crippen molar-refractivity contribution >= 4 is 19.8 Å². The van der Waals surface area contributed by atoms with Crippen LogP contribution in [0.4, 0.5) is 0 Å². The third-order valence-corrected chi connectivity index (χ3v) is 8.71. The van der Waals surface area contributed by atoms with Gasteiger partial charge in [-0.25, -0.2) is 4.57 Å². The van der Waals surface area contributed by atoms with E-state index in [9.17, 15) is 24.2 Å². The Morgan fingerprint density at radius 1 is 0.578 bits per heavy atom. The molecule has 10 nitrogen and oxygen atoms in total. The number of phosphoric ester groups is 1. The molecule has 1 unspecified atom stereocenters. The quantitative estimate of drug-likeness (QED) is 0.0348. The molecule has 0 radical (unpaired) electrons. The predicted molar refractivity (Wildman–Crippen MR) is 178 cm³/mol. The number of carbonyl (C=O) groups excluding carboxylic acids is 2. The molecule has 0 aromatic rings. The van der Waals surface area contributed by atoms with Gasteiger partial charge in [-0.1, -0.05) is 142 Å². The highest BCUT2D eigenvalue weighted by molar-refractivity contribution is 7.47. The van der Waals surface area contributed by atoms with E-state index in [1.165, 1.54) is 89.9 Å². The van der Waals surface area contributed by atoms with Crippen LogP contribution in [-0.4, -0.2) is 65.7 Å². The fourth-order valence-electron chi connectivity index (χ4n) is 4.93. The minimum absolute atomic E-state index is 0.190. The van der Waals surface area contributed by atoms with Crippen molar-refractivity contribution in [2.24, 2.45) is 0 Å². The summed E-state index contributed by atoms with van der Waals surface area (Å²) in [5, 5.41) is 18.2. The number of carbonyl (C=O) groups is 2. The fourth-order valence-corrected chi connectivity index (χ4v) is 5.72. The molecule has 0 bridgehead atoms. The first-order valence-electron chi connectivity index (χ1n) is 18.0. The molecule has 0 aliphatic rings. The van der Waals surface area contributed by atoms with Crippen LogP contribution in [0.15, 0.2) is 0 Å². The van der Waals surface area contributed by atoms with Gasteiger partial charge in [0.2, 0.25) is 0 Å². The Hall–Kier alpha value is -1.03. The highest BCUT2D eigenvalue weighted by Crippen LogP contribution is 2.43. The molecule has 11 heteroatoms. The van der Waals surface area contributed by atoms with Crippen LogP contribution in [0.5, 0.6) is 0 Å². The van der Waals surface area contributed by atoms with Crippen molar-refractivity contribution < 1.29 is 47.8 Å². The van der Waals surface area contributed by atoms with Crippen LogP contribution in [0.25, 0.3) is 0 Å². The van der Waals surface area contributed by atoms with E-state index in [-0.39, 0.29) is 19.4 Å². The molecule has 0 aromatic heterocycles. The molecular formula is C34H67O10P. The van der Waals surface area contributed by atoms with Crippen LogP contribution in [0.1, 0.15) is 168 Å². The molecule has 0 aromatic carbocycles. The van der Waals surface area contributed by atoms with Crippen molar-refractivity contribution in [2.45, 2.75) is 180 Å². The van der Waals surface area contributed by atoms with Gasteiger partial charge < -0.3 is 24.6 Å². The van der Waals surface area contributed by atoms with Crippen molar-refractivity contribution in [3.63, 3.8) is 0 Å². The third-order valence-electron chi connectivity index (χ3n) is 7.76. The second-order valence-electron chi connectivity index (χ2n) is 12.3. The fraction of sp³-hybridized carbons (Fsp3) is 0.941. The molecule has 0 saturated carbocycles. The van der Waals surface area contributed by atoms with E-state index in [0.29, 0.717) is 12.8 Å². The molecule has 0 spiro atoms. The van der Waals surface area contributed by atoms with E-state index < -0.39 is 51.8 Å². The zero-order chi connectivity index (χ0) is 33.4. The summed E-state index contributed by atoms with van der Waals surface area (Å²) in [5.74, 6) is -0.920. The monoisotopic (exact) mass is 666 g/mol. The number of esters is 2. The van der Waals surface area contributed by atoms with Gasteiger partial charge in [0.05, 0.1) is 19.8 Å². The summed E-state index contributed by atoms with van der Waals surface area (Å²) in [4.78, 5) is 34.6. The summed E-state index contributed by atoms with van der Waals surface area (Å²) in [5.41, 5.74) is 0. The highest BCUT2D eigenvalue weighted by atomic mass is 31.2. The van der Waals surface area contributed by atoms with Gasteiger partial charge in [-0.2, -0.15) is 0 Å². The summed E-state index contributed by atoms with van der Waals surface area (Å²) in [6.07, 6.45) is 23.7. The molecule has 0 saturated heterocycles. The Labute approximate surface area is 273 Å². The Kier molecular flexibility index (Phi) is 30.8. The minimum atomic E-state index is -4.60. The van der Waals surface area contributed by atoms with Gasteiger partial charge in [0.1, 0.15) is 12.7 Å². The third kappa shape index (κ3) is 31.3. The smallest absolute Gasteiger partial charge is 0.462 e. The van der Waals surface area contributed by atoms with Gasteiger partial charge in [-0.3, -0.25) is 18.6 Å². The topological polar surface area (TPSA) is 149 Å². The molecule has 0 aliphatic heterocycles. The van der Waals surface area contributed by atoms with Gasteiger partial charge in [0, 0.05) is 12.8 Å². The lowest BCUT2D eigenvalue weighted by molar-refractivity contribution is -0.161. The second-order valence-corrected chi connectivity index (χ2v) is 13.7. The lowest BCUT2D eigenvalue weighted by atomic mass is 10.0. The zero-order valence-electron chi connectivity index (χ0n) is 28.6. The number of hydrogen-bond acceptors (Lipinski definition) is 9. The lowest BCUT2D eigenvalue weighted by Crippen LogP contribution is -2.29. The Balaban J connectivity index is 4.35. The van der Waals surface area contributed by atoms with Crippen molar-refractivity contribution in [3.8, 4) is 0 Å². The zero-order valence-corrected chi connectivity index (χ0v) is 29.5. The molecule has 3 atom stereocenters. The maximum Gasteiger partial charge on any atom is 0.472 e. The summed E-state index contributed by atoms with van der Waals surface area (Å²) in [6.45, 7) is 2.35. The van der Waals surface area contributed by atoms with Crippen molar-refractivity contribution in [3.05, 3.63) is 0 Å². The second kappa shape index (κ2) is 31.6. The molecule has 268 valence electrons. The Bertz CT molecular complexity index is 736. The van der Waals surface area contributed by atoms with Crippen LogP contribution in [0, 0.1) is 0 Å². The van der Waals surface area contributed by atoms with E-state index in [0.717, 1.165) is 38.5 Å². The summed E-state index contributed by atoms with van der Waals surface area (Å²) in [6, 6.07) is 0. The molecule has 0 heterocycles. The number of aliphatic hydroxyl groups is 2. The number of aliphatic hydroxyl groups excluding tert-OH is 2. The maximum atomic E-state index is 12.5. The average molecular weight is 667 g/mol. The Morgan fingerprint density at radius 2 is 0.956 bits per heavy atom. The largest absolute Gasteiger partial charge is 0.472 e. The van der Waals surface area contributed by atoms with Crippen LogP contribution < -0.4 is 0 Å². The molecule has 0 rings (SSSR count). The minimum Gasteiger partial charge on any atom is -0.462 e. The molecule has 0 fully saturated rings. The maximum absolute atomic E-state index is 12.5. The molecule has 0 amide bonds. The van der Waals surface area contributed by atoms with Crippen molar-refractivity contribution in [2.75, 3.05) is 26.4 Å². The Morgan fingerprint density at radius 3 is 1.38 bits per heavy atom. The number of ether oxygens (including phenoxy) is 2. The lowest BCUT2D eigenvalue weighted by Gasteiger charge is -2.20. The standard InChI is InChI=1S/C34H67O10P/c1-3-5-7-9-11-13-14-15-16-18-19-21-23-25-33(37)41-29-32(30-43-45(39,40)42-28-31(36)27-35)44-34(38)26-24-22-20-17-12-10-8-6-4-2/h31-32,35-36H,3-30H2,1-2H3,(H,39,40)/t31-,32+/m1/s1. The van der Waals surface area contributed by atoms with Gasteiger partial charge in [0.15, 0.2) is 6.10 Å². The van der Waals surface area contributed by atoms with E-state index >= 15 is 0 Å². The SMILES string of the molecule is CCCCCCCCCCCCCCCC(=O)OC[C@@H](COP(=O)(O)OC[C@H](O)CO)OC(=O)CCCCCCCCCCC. The van der Waals surface area contributed by atoms with Crippen molar-refractivity contribution in [1.29, 1.82) is 0 Å². The van der Waals surface area contributed by atoms with E-state index in [2.05, 4.69) is 18.4 Å². The first-order valence-corrected chi connectivity index (χ1v) is 19.5.